The van der Waals surface area contributed by atoms with Gasteiger partial charge in [-0.05, 0) is 48.7 Å². The van der Waals surface area contributed by atoms with E-state index in [1.165, 1.54) is 29.2 Å². The number of amides is 2. The zero-order valence-corrected chi connectivity index (χ0v) is 15.5. The van der Waals surface area contributed by atoms with E-state index in [0.717, 1.165) is 6.07 Å². The number of halogens is 2. The predicted octanol–water partition coefficient (Wildman–Crippen LogP) is 2.12. The van der Waals surface area contributed by atoms with Crippen molar-refractivity contribution in [1.29, 1.82) is 0 Å². The number of nitrogens with two attached hydrogens (primary N) is 1. The van der Waals surface area contributed by atoms with Crippen LogP contribution in [0.4, 0.5) is 14.5 Å². The summed E-state index contributed by atoms with van der Waals surface area (Å²) < 4.78 is 26.5. The summed E-state index contributed by atoms with van der Waals surface area (Å²) in [5.41, 5.74) is 4.06. The molecule has 3 rings (SSSR count). The Morgan fingerprint density at radius 3 is 2.48 bits per heavy atom. The van der Waals surface area contributed by atoms with Crippen molar-refractivity contribution in [1.82, 2.24) is 0 Å². The smallest absolute Gasteiger partial charge is 0.266 e. The highest BCUT2D eigenvalue weighted by molar-refractivity contribution is 6.17. The number of Topliss-reactive ketones (excluding diaryl/α,β-unsaturated/α-hetero) is 1. The van der Waals surface area contributed by atoms with Crippen LogP contribution in [0.25, 0.3) is 0 Å². The van der Waals surface area contributed by atoms with E-state index >= 15 is 0 Å². The van der Waals surface area contributed by atoms with Gasteiger partial charge in [0, 0.05) is 36.7 Å². The van der Waals surface area contributed by atoms with Gasteiger partial charge in [-0.15, -0.1) is 0 Å². The van der Waals surface area contributed by atoms with E-state index < -0.39 is 34.8 Å². The van der Waals surface area contributed by atoms with Gasteiger partial charge in [-0.3, -0.25) is 14.4 Å². The molecule has 1 saturated heterocycles. The second kappa shape index (κ2) is 8.08. The maximum Gasteiger partial charge on any atom is 0.266 e. The average Bonchev–Trinajstić information content (AvgIpc) is 2.97. The second-order valence-electron chi connectivity index (χ2n) is 7.04. The number of carbonyl (C=O) groups excluding carboxylic acids is 3. The summed E-state index contributed by atoms with van der Waals surface area (Å²) in [5, 5.41) is 10.7. The van der Waals surface area contributed by atoms with E-state index in [4.69, 9.17) is 5.73 Å². The number of benzene rings is 2. The number of aryl methyl sites for hydroxylation is 1. The summed E-state index contributed by atoms with van der Waals surface area (Å²) >= 11 is 0. The minimum atomic E-state index is -2.16. The van der Waals surface area contributed by atoms with Gasteiger partial charge in [0.2, 0.25) is 11.5 Å². The monoisotopic (exact) mass is 402 g/mol. The van der Waals surface area contributed by atoms with Crippen LogP contribution in [0.3, 0.4) is 0 Å². The van der Waals surface area contributed by atoms with Gasteiger partial charge in [-0.25, -0.2) is 8.78 Å². The first-order valence-electron chi connectivity index (χ1n) is 9.13. The molecular weight excluding hydrogens is 382 g/mol. The van der Waals surface area contributed by atoms with Crippen molar-refractivity contribution in [2.75, 3.05) is 11.4 Å². The summed E-state index contributed by atoms with van der Waals surface area (Å²) in [7, 11) is 0. The summed E-state index contributed by atoms with van der Waals surface area (Å²) in [6.45, 7) is 0.110. The minimum absolute atomic E-state index is 0.0833. The zero-order chi connectivity index (χ0) is 21.2. The molecule has 0 aliphatic carbocycles. The standard InChI is InChI=1S/C21H20F2N2O4/c22-15-9-13(10-16(23)12-15)3-1-6-18(26)21(29)7-8-25(20(21)28)17-5-2-4-14(11-17)19(24)27/h2,4-5,9-12,29H,1,3,6-8H2,(H2,24,27). The number of ketones is 1. The van der Waals surface area contributed by atoms with Crippen molar-refractivity contribution in [2.24, 2.45) is 5.73 Å². The largest absolute Gasteiger partial charge is 0.373 e. The topological polar surface area (TPSA) is 101 Å². The number of anilines is 1. The number of hydrogen-bond acceptors (Lipinski definition) is 4. The van der Waals surface area contributed by atoms with Crippen LogP contribution in [0, 0.1) is 11.6 Å². The van der Waals surface area contributed by atoms with Crippen LogP contribution >= 0.6 is 0 Å². The molecule has 2 aromatic rings. The second-order valence-corrected chi connectivity index (χ2v) is 7.04. The zero-order valence-electron chi connectivity index (χ0n) is 15.5. The molecule has 29 heavy (non-hydrogen) atoms. The molecule has 8 heteroatoms. The highest BCUT2D eigenvalue weighted by Gasteiger charge is 2.50. The maximum absolute atomic E-state index is 13.2. The van der Waals surface area contributed by atoms with E-state index in [-0.39, 0.29) is 37.8 Å². The Morgan fingerprint density at radius 2 is 1.83 bits per heavy atom. The molecule has 6 nitrogen and oxygen atoms in total. The number of hydrogen-bond donors (Lipinski definition) is 2. The van der Waals surface area contributed by atoms with Crippen LogP contribution in [0.1, 0.15) is 35.2 Å². The molecule has 1 aliphatic rings. The molecule has 1 heterocycles. The molecule has 1 aliphatic heterocycles. The molecule has 152 valence electrons. The molecule has 2 amide bonds. The first-order chi connectivity index (χ1) is 13.7. The van der Waals surface area contributed by atoms with Gasteiger partial charge in [0.25, 0.3) is 5.91 Å². The molecule has 0 radical (unpaired) electrons. The van der Waals surface area contributed by atoms with Gasteiger partial charge >= 0.3 is 0 Å². The average molecular weight is 402 g/mol. The van der Waals surface area contributed by atoms with Crippen molar-refractivity contribution in [3.8, 4) is 0 Å². The highest BCUT2D eigenvalue weighted by atomic mass is 19.1. The van der Waals surface area contributed by atoms with Crippen molar-refractivity contribution in [3.05, 3.63) is 65.2 Å². The number of rotatable bonds is 7. The summed E-state index contributed by atoms with van der Waals surface area (Å²) in [6, 6.07) is 9.18. The predicted molar refractivity (Wildman–Crippen MR) is 101 cm³/mol. The Bertz CT molecular complexity index is 959. The van der Waals surface area contributed by atoms with Crippen LogP contribution in [0.15, 0.2) is 42.5 Å². The Kier molecular flexibility index (Phi) is 5.74. The van der Waals surface area contributed by atoms with E-state index in [1.54, 1.807) is 12.1 Å². The Morgan fingerprint density at radius 1 is 1.14 bits per heavy atom. The molecule has 0 bridgehead atoms. The number of primary amides is 1. The van der Waals surface area contributed by atoms with E-state index in [9.17, 15) is 28.3 Å². The van der Waals surface area contributed by atoms with Gasteiger partial charge in [0.1, 0.15) is 11.6 Å². The molecular formula is C21H20F2N2O4. The van der Waals surface area contributed by atoms with Crippen molar-refractivity contribution >= 4 is 23.3 Å². The van der Waals surface area contributed by atoms with Gasteiger partial charge in [0.05, 0.1) is 0 Å². The number of carbonyl (C=O) groups is 3. The molecule has 0 aromatic heterocycles. The lowest BCUT2D eigenvalue weighted by atomic mass is 9.92. The van der Waals surface area contributed by atoms with Crippen molar-refractivity contribution in [2.45, 2.75) is 31.3 Å². The normalized spacial score (nSPS) is 18.9. The lowest BCUT2D eigenvalue weighted by Crippen LogP contribution is -2.46. The first kappa shape index (κ1) is 20.6. The fourth-order valence-electron chi connectivity index (χ4n) is 3.45. The molecule has 0 spiro atoms. The maximum atomic E-state index is 13.2. The van der Waals surface area contributed by atoms with Crippen molar-refractivity contribution < 1.29 is 28.3 Å². The minimum Gasteiger partial charge on any atom is -0.373 e. The van der Waals surface area contributed by atoms with Crippen LogP contribution in [-0.4, -0.2) is 34.8 Å². The molecule has 1 fully saturated rings. The van der Waals surface area contributed by atoms with Crippen LogP contribution in [-0.2, 0) is 16.0 Å². The highest BCUT2D eigenvalue weighted by Crippen LogP contribution is 2.30. The van der Waals surface area contributed by atoms with E-state index in [2.05, 4.69) is 0 Å². The summed E-state index contributed by atoms with van der Waals surface area (Å²) in [4.78, 5) is 37.8. The lowest BCUT2D eigenvalue weighted by Gasteiger charge is -2.21. The van der Waals surface area contributed by atoms with E-state index in [1.807, 2.05) is 0 Å². The Hall–Kier alpha value is -3.13. The number of nitrogens with zero attached hydrogens (tertiary/aromatic N) is 1. The first-order valence-corrected chi connectivity index (χ1v) is 9.13. The van der Waals surface area contributed by atoms with Gasteiger partial charge in [0.15, 0.2) is 5.78 Å². The molecule has 3 N–H and O–H groups in total. The SMILES string of the molecule is NC(=O)c1cccc(N2CCC(O)(C(=O)CCCc3cc(F)cc(F)c3)C2=O)c1. The Labute approximate surface area is 165 Å². The van der Waals surface area contributed by atoms with Gasteiger partial charge in [-0.2, -0.15) is 0 Å². The molecule has 1 atom stereocenters. The van der Waals surface area contributed by atoms with Crippen LogP contribution in [0.2, 0.25) is 0 Å². The quantitative estimate of drug-likeness (QED) is 0.693. The third kappa shape index (κ3) is 4.32. The summed E-state index contributed by atoms with van der Waals surface area (Å²) in [5.74, 6) is -3.47. The van der Waals surface area contributed by atoms with Gasteiger partial charge < -0.3 is 15.7 Å². The van der Waals surface area contributed by atoms with E-state index in [0.29, 0.717) is 11.3 Å². The molecule has 0 saturated carbocycles. The Balaban J connectivity index is 1.65. The van der Waals surface area contributed by atoms with Crippen LogP contribution < -0.4 is 10.6 Å². The fourth-order valence-corrected chi connectivity index (χ4v) is 3.45. The lowest BCUT2D eigenvalue weighted by molar-refractivity contribution is -0.147. The molecule has 1 unspecified atom stereocenters. The van der Waals surface area contributed by atoms with Crippen molar-refractivity contribution in [3.63, 3.8) is 0 Å². The number of aliphatic hydroxyl groups is 1. The summed E-state index contributed by atoms with van der Waals surface area (Å²) in [6.07, 6.45) is 0.263. The third-order valence-corrected chi connectivity index (χ3v) is 4.99. The third-order valence-electron chi connectivity index (χ3n) is 4.99. The molecule has 2 aromatic carbocycles. The van der Waals surface area contributed by atoms with Gasteiger partial charge in [-0.1, -0.05) is 6.07 Å². The fraction of sp³-hybridized carbons (Fsp3) is 0.286. The van der Waals surface area contributed by atoms with Crippen LogP contribution in [0.5, 0.6) is 0 Å².